The maximum atomic E-state index is 6.27. The van der Waals surface area contributed by atoms with Crippen LogP contribution in [-0.4, -0.2) is 15.6 Å². The van der Waals surface area contributed by atoms with Gasteiger partial charge in [-0.1, -0.05) is 11.6 Å². The van der Waals surface area contributed by atoms with E-state index in [0.29, 0.717) is 28.0 Å². The Morgan fingerprint density at radius 3 is 2.42 bits per heavy atom. The Bertz CT molecular complexity index is 645. The van der Waals surface area contributed by atoms with Crippen molar-refractivity contribution in [3.8, 4) is 22.8 Å². The highest BCUT2D eigenvalue weighted by molar-refractivity contribution is 6.33. The molecule has 1 aromatic heterocycles. The van der Waals surface area contributed by atoms with Crippen LogP contribution >= 0.6 is 11.6 Å². The van der Waals surface area contributed by atoms with Gasteiger partial charge in [-0.15, -0.1) is 0 Å². The van der Waals surface area contributed by atoms with Crippen LogP contribution in [0.4, 0.5) is 5.82 Å². The monoisotopic (exact) mass is 279 g/mol. The zero-order chi connectivity index (χ0) is 13.8. The molecule has 19 heavy (non-hydrogen) atoms. The van der Waals surface area contributed by atoms with Crippen LogP contribution in [0.5, 0.6) is 11.5 Å². The van der Waals surface area contributed by atoms with E-state index >= 15 is 0 Å². The van der Waals surface area contributed by atoms with Gasteiger partial charge >= 0.3 is 0 Å². The lowest BCUT2D eigenvalue weighted by molar-refractivity contribution is -0.0431. The summed E-state index contributed by atoms with van der Waals surface area (Å²) in [5, 5.41) is 4.87. The molecule has 6 heteroatoms. The van der Waals surface area contributed by atoms with Gasteiger partial charge in [0, 0.05) is 38.6 Å². The molecule has 0 spiro atoms. The van der Waals surface area contributed by atoms with Gasteiger partial charge < -0.3 is 15.2 Å². The highest BCUT2D eigenvalue weighted by Crippen LogP contribution is 2.44. The van der Waals surface area contributed by atoms with Crippen molar-refractivity contribution in [2.24, 2.45) is 7.05 Å². The van der Waals surface area contributed by atoms with Crippen LogP contribution in [-0.2, 0) is 7.05 Å². The molecule has 0 atom stereocenters. The first-order chi connectivity index (χ1) is 8.85. The predicted octanol–water partition coefficient (Wildman–Crippen LogP) is 2.83. The van der Waals surface area contributed by atoms with Crippen LogP contribution in [0.2, 0.25) is 5.02 Å². The molecular weight excluding hydrogens is 266 g/mol. The molecule has 1 aliphatic rings. The molecule has 0 saturated carbocycles. The Kier molecular flexibility index (Phi) is 2.44. The minimum absolute atomic E-state index is 0.554. The number of nitrogen functional groups attached to an aromatic ring is 1. The second-order valence-electron chi connectivity index (χ2n) is 4.96. The molecule has 0 amide bonds. The quantitative estimate of drug-likeness (QED) is 0.872. The van der Waals surface area contributed by atoms with Gasteiger partial charge in [-0.25, -0.2) is 0 Å². The largest absolute Gasteiger partial charge is 0.449 e. The van der Waals surface area contributed by atoms with Crippen molar-refractivity contribution in [2.75, 3.05) is 5.73 Å². The van der Waals surface area contributed by atoms with E-state index in [2.05, 4.69) is 5.10 Å². The summed E-state index contributed by atoms with van der Waals surface area (Å²) < 4.78 is 12.9. The number of fused-ring (bicyclic) bond motifs is 1. The second kappa shape index (κ2) is 3.81. The molecule has 1 aliphatic heterocycles. The Balaban J connectivity index is 2.10. The number of aryl methyl sites for hydroxylation is 1. The van der Waals surface area contributed by atoms with Gasteiger partial charge in [-0.3, -0.25) is 4.68 Å². The number of halogens is 1. The number of benzene rings is 1. The number of nitrogens with zero attached hydrogens (tertiary/aromatic N) is 2. The van der Waals surface area contributed by atoms with Gasteiger partial charge in [-0.05, 0) is 6.07 Å². The van der Waals surface area contributed by atoms with E-state index in [9.17, 15) is 0 Å². The summed E-state index contributed by atoms with van der Waals surface area (Å²) in [6.07, 6.45) is 0. The smallest absolute Gasteiger partial charge is 0.246 e. The number of hydrogen-bond donors (Lipinski definition) is 1. The van der Waals surface area contributed by atoms with Gasteiger partial charge in [-0.2, -0.15) is 5.10 Å². The Morgan fingerprint density at radius 2 is 1.84 bits per heavy atom. The number of aromatic nitrogens is 2. The fourth-order valence-electron chi connectivity index (χ4n) is 2.05. The van der Waals surface area contributed by atoms with Crippen molar-refractivity contribution in [3.05, 3.63) is 23.2 Å². The molecule has 1 aromatic carbocycles. The van der Waals surface area contributed by atoms with Crippen LogP contribution in [0.15, 0.2) is 18.2 Å². The molecule has 2 N–H and O–H groups in total. The normalized spacial score (nSPS) is 15.8. The minimum atomic E-state index is -0.673. The summed E-state index contributed by atoms with van der Waals surface area (Å²) in [6, 6.07) is 5.34. The zero-order valence-corrected chi connectivity index (χ0v) is 11.7. The molecule has 0 fully saturated rings. The van der Waals surface area contributed by atoms with Gasteiger partial charge in [0.15, 0.2) is 11.5 Å². The molecule has 0 saturated heterocycles. The molecule has 5 nitrogen and oxygen atoms in total. The number of anilines is 1. The summed E-state index contributed by atoms with van der Waals surface area (Å²) in [5.74, 6) is 1.20. The van der Waals surface area contributed by atoms with Crippen molar-refractivity contribution in [1.82, 2.24) is 9.78 Å². The van der Waals surface area contributed by atoms with Gasteiger partial charge in [0.2, 0.25) is 5.79 Å². The minimum Gasteiger partial charge on any atom is -0.449 e. The lowest BCUT2D eigenvalue weighted by Crippen LogP contribution is -2.29. The summed E-state index contributed by atoms with van der Waals surface area (Å²) >= 11 is 6.27. The average molecular weight is 280 g/mol. The summed E-state index contributed by atoms with van der Waals surface area (Å²) in [5.41, 5.74) is 7.27. The zero-order valence-electron chi connectivity index (χ0n) is 10.9. The van der Waals surface area contributed by atoms with Crippen LogP contribution in [0.25, 0.3) is 11.3 Å². The SMILES string of the molecule is Cn1nc(-c2cc3c(cc2Cl)OC(C)(C)O3)cc1N. The number of nitrogens with two attached hydrogens (primary N) is 1. The maximum absolute atomic E-state index is 6.27. The molecule has 3 rings (SSSR count). The van der Waals surface area contributed by atoms with E-state index in [-0.39, 0.29) is 0 Å². The van der Waals surface area contributed by atoms with Crippen LogP contribution in [0, 0.1) is 0 Å². The van der Waals surface area contributed by atoms with Crippen molar-refractivity contribution in [1.29, 1.82) is 0 Å². The Morgan fingerprint density at radius 1 is 1.21 bits per heavy atom. The van der Waals surface area contributed by atoms with Gasteiger partial charge in [0.1, 0.15) is 5.82 Å². The summed E-state index contributed by atoms with van der Waals surface area (Å²) in [4.78, 5) is 0. The lowest BCUT2D eigenvalue weighted by Gasteiger charge is -2.16. The van der Waals surface area contributed by atoms with E-state index in [0.717, 1.165) is 5.56 Å². The van der Waals surface area contributed by atoms with Crippen LogP contribution in [0.3, 0.4) is 0 Å². The third kappa shape index (κ3) is 2.00. The molecular formula is C13H14ClN3O2. The first kappa shape index (κ1) is 12.2. The standard InChI is InChI=1S/C13H14ClN3O2/c1-13(2)18-10-4-7(8(14)5-11(10)19-13)9-6-12(15)17(3)16-9/h4-6H,15H2,1-3H3. The fraction of sp³-hybridized carbons (Fsp3) is 0.308. The van der Waals surface area contributed by atoms with Crippen molar-refractivity contribution < 1.29 is 9.47 Å². The topological polar surface area (TPSA) is 62.3 Å². The maximum Gasteiger partial charge on any atom is 0.246 e. The van der Waals surface area contributed by atoms with Crippen LogP contribution in [0.1, 0.15) is 13.8 Å². The Labute approximate surface area is 115 Å². The second-order valence-corrected chi connectivity index (χ2v) is 5.37. The van der Waals surface area contributed by atoms with E-state index in [1.165, 1.54) is 0 Å². The fourth-order valence-corrected chi connectivity index (χ4v) is 2.31. The molecule has 0 unspecified atom stereocenters. The molecule has 0 radical (unpaired) electrons. The van der Waals surface area contributed by atoms with Crippen molar-refractivity contribution in [3.63, 3.8) is 0 Å². The van der Waals surface area contributed by atoms with Gasteiger partial charge in [0.25, 0.3) is 0 Å². The summed E-state index contributed by atoms with van der Waals surface area (Å²) in [7, 11) is 1.78. The van der Waals surface area contributed by atoms with E-state index in [1.54, 1.807) is 23.9 Å². The lowest BCUT2D eigenvalue weighted by atomic mass is 10.1. The molecule has 2 heterocycles. The van der Waals surface area contributed by atoms with E-state index in [4.69, 9.17) is 26.8 Å². The van der Waals surface area contributed by atoms with E-state index < -0.39 is 5.79 Å². The highest BCUT2D eigenvalue weighted by atomic mass is 35.5. The molecule has 0 aliphatic carbocycles. The highest BCUT2D eigenvalue weighted by Gasteiger charge is 2.32. The first-order valence-corrected chi connectivity index (χ1v) is 6.25. The Hall–Kier alpha value is -1.88. The molecule has 2 aromatic rings. The number of rotatable bonds is 1. The molecule has 0 bridgehead atoms. The number of hydrogen-bond acceptors (Lipinski definition) is 4. The first-order valence-electron chi connectivity index (χ1n) is 5.87. The predicted molar refractivity (Wildman–Crippen MR) is 73.4 cm³/mol. The van der Waals surface area contributed by atoms with Crippen LogP contribution < -0.4 is 15.2 Å². The third-order valence-corrected chi connectivity index (χ3v) is 3.25. The third-order valence-electron chi connectivity index (χ3n) is 2.94. The van der Waals surface area contributed by atoms with E-state index in [1.807, 2.05) is 19.9 Å². The van der Waals surface area contributed by atoms with Crippen molar-refractivity contribution >= 4 is 17.4 Å². The van der Waals surface area contributed by atoms with Crippen molar-refractivity contribution in [2.45, 2.75) is 19.6 Å². The van der Waals surface area contributed by atoms with Gasteiger partial charge in [0.05, 0.1) is 10.7 Å². The average Bonchev–Trinajstić information content (AvgIpc) is 2.76. The molecule has 100 valence electrons. The summed E-state index contributed by atoms with van der Waals surface area (Å²) in [6.45, 7) is 3.69. The number of ether oxygens (including phenoxy) is 2.